The molecular weight excluding hydrogens is 422 g/mol. The number of thioether (sulfide) groups is 1. The predicted octanol–water partition coefficient (Wildman–Crippen LogP) is 4.21. The van der Waals surface area contributed by atoms with Crippen LogP contribution in [0.25, 0.3) is 5.69 Å². The number of nitrogens with one attached hydrogen (secondary N) is 2. The van der Waals surface area contributed by atoms with E-state index in [1.807, 2.05) is 24.3 Å². The van der Waals surface area contributed by atoms with Gasteiger partial charge in [-0.05, 0) is 56.4 Å². The van der Waals surface area contributed by atoms with Crippen molar-refractivity contribution >= 4 is 23.5 Å². The first-order valence-electron chi connectivity index (χ1n) is 10.8. The maximum absolute atomic E-state index is 12.8. The summed E-state index contributed by atoms with van der Waals surface area (Å²) in [5, 5.41) is 15.4. The molecule has 1 amide bonds. The summed E-state index contributed by atoms with van der Waals surface area (Å²) >= 11 is 1.27. The minimum atomic E-state index is -0.496. The van der Waals surface area contributed by atoms with Gasteiger partial charge >= 0.3 is 0 Å². The highest BCUT2D eigenvalue weighted by molar-refractivity contribution is 8.00. The third-order valence-corrected chi connectivity index (χ3v) is 6.64. The molecule has 7 nitrogen and oxygen atoms in total. The molecule has 164 valence electrons. The number of carbonyl (C=O) groups is 1. The molecule has 0 saturated carbocycles. The van der Waals surface area contributed by atoms with Crippen LogP contribution in [-0.4, -0.2) is 25.9 Å². The van der Waals surface area contributed by atoms with Gasteiger partial charge in [-0.25, -0.2) is 9.67 Å². The zero-order valence-electron chi connectivity index (χ0n) is 17.9. The van der Waals surface area contributed by atoms with Crippen molar-refractivity contribution in [3.05, 3.63) is 69.6 Å². The average Bonchev–Trinajstić information content (AvgIpc) is 3.15. The second kappa shape index (κ2) is 9.88. The smallest absolute Gasteiger partial charge is 0.273 e. The molecule has 0 radical (unpaired) electrons. The Bertz CT molecular complexity index is 1210. The van der Waals surface area contributed by atoms with E-state index in [4.69, 9.17) is 4.98 Å². The van der Waals surface area contributed by atoms with Crippen molar-refractivity contribution in [3.63, 3.8) is 0 Å². The number of nitrogens with zero attached hydrogens (tertiary/aromatic N) is 3. The molecule has 8 heteroatoms. The first-order chi connectivity index (χ1) is 15.5. The van der Waals surface area contributed by atoms with Crippen LogP contribution < -0.4 is 10.9 Å². The summed E-state index contributed by atoms with van der Waals surface area (Å²) in [6, 6.07) is 14.7. The number of benzene rings is 1. The van der Waals surface area contributed by atoms with Crippen molar-refractivity contribution in [2.45, 2.75) is 55.7 Å². The number of amides is 1. The molecule has 4 rings (SSSR count). The van der Waals surface area contributed by atoms with Crippen molar-refractivity contribution in [1.82, 2.24) is 14.8 Å². The summed E-state index contributed by atoms with van der Waals surface area (Å²) in [6.07, 6.45) is 6.48. The van der Waals surface area contributed by atoms with Crippen LogP contribution in [0, 0.1) is 11.3 Å². The summed E-state index contributed by atoms with van der Waals surface area (Å²) in [5.41, 5.74) is 3.13. The van der Waals surface area contributed by atoms with Gasteiger partial charge in [0.2, 0.25) is 5.91 Å². The summed E-state index contributed by atoms with van der Waals surface area (Å²) in [6.45, 7) is 1.77. The van der Waals surface area contributed by atoms with Crippen molar-refractivity contribution < 1.29 is 4.79 Å². The normalized spacial score (nSPS) is 14.5. The highest BCUT2D eigenvalue weighted by Crippen LogP contribution is 2.29. The van der Waals surface area contributed by atoms with Crippen LogP contribution in [0.1, 0.15) is 49.4 Å². The van der Waals surface area contributed by atoms with Gasteiger partial charge in [-0.15, -0.1) is 0 Å². The van der Waals surface area contributed by atoms with Gasteiger partial charge in [-0.3, -0.25) is 14.7 Å². The molecule has 1 atom stereocenters. The number of rotatable bonds is 5. The average molecular weight is 448 g/mol. The zero-order chi connectivity index (χ0) is 22.5. The maximum Gasteiger partial charge on any atom is 0.273 e. The number of aryl methyl sites for hydroxylation is 2. The molecular formula is C24H25N5O2S. The number of pyridine rings is 1. The minimum absolute atomic E-state index is 0.262. The zero-order valence-corrected chi connectivity index (χ0v) is 18.7. The second-order valence-electron chi connectivity index (χ2n) is 7.90. The van der Waals surface area contributed by atoms with Gasteiger partial charge in [-0.2, -0.15) is 5.26 Å². The molecule has 0 spiro atoms. The summed E-state index contributed by atoms with van der Waals surface area (Å²) in [7, 11) is 0. The summed E-state index contributed by atoms with van der Waals surface area (Å²) in [4.78, 5) is 29.8. The SMILES string of the molecule is CC(Sc1nc2c(cc1C#N)CCCCCC2)C(=O)Nc1cc(=O)n(-c2ccccc2)[nH]1. The van der Waals surface area contributed by atoms with E-state index in [1.54, 1.807) is 19.1 Å². The fraction of sp³-hybridized carbons (Fsp3) is 0.333. The van der Waals surface area contributed by atoms with E-state index in [0.717, 1.165) is 36.9 Å². The second-order valence-corrected chi connectivity index (χ2v) is 9.23. The monoisotopic (exact) mass is 447 g/mol. The number of nitriles is 1. The lowest BCUT2D eigenvalue weighted by Gasteiger charge is -2.17. The van der Waals surface area contributed by atoms with E-state index in [1.165, 1.54) is 35.4 Å². The number of para-hydroxylation sites is 1. The number of fused-ring (bicyclic) bond motifs is 1. The van der Waals surface area contributed by atoms with Crippen molar-refractivity contribution in [2.24, 2.45) is 0 Å². The standard InChI is InChI=1S/C24H25N5O2S/c1-16(23(31)27-21-14-22(30)29(28-21)19-10-6-4-7-11-19)32-24-18(15-25)13-17-9-5-2-3-8-12-20(17)26-24/h4,6-7,10-11,13-14,16,28H,2-3,5,8-9,12H2,1H3,(H,27,31). The first kappa shape index (κ1) is 21.9. The van der Waals surface area contributed by atoms with Crippen LogP contribution in [0.15, 0.2) is 52.3 Å². The Morgan fingerprint density at radius 2 is 1.94 bits per heavy atom. The fourth-order valence-electron chi connectivity index (χ4n) is 3.82. The maximum atomic E-state index is 12.8. The highest BCUT2D eigenvalue weighted by Gasteiger charge is 2.21. The van der Waals surface area contributed by atoms with Gasteiger partial charge in [0.15, 0.2) is 0 Å². The van der Waals surface area contributed by atoms with E-state index in [9.17, 15) is 14.9 Å². The molecule has 1 unspecified atom stereocenters. The van der Waals surface area contributed by atoms with Gasteiger partial charge in [-0.1, -0.05) is 42.8 Å². The molecule has 32 heavy (non-hydrogen) atoms. The largest absolute Gasteiger partial charge is 0.310 e. The molecule has 1 aliphatic rings. The Hall–Kier alpha value is -3.31. The van der Waals surface area contributed by atoms with Gasteiger partial charge in [0.05, 0.1) is 16.5 Å². The number of aromatic nitrogens is 3. The number of anilines is 1. The molecule has 1 aliphatic carbocycles. The Balaban J connectivity index is 1.49. The highest BCUT2D eigenvalue weighted by atomic mass is 32.2. The van der Waals surface area contributed by atoms with Crippen LogP contribution in [0.3, 0.4) is 0 Å². The Morgan fingerprint density at radius 1 is 1.19 bits per heavy atom. The molecule has 2 aromatic heterocycles. The van der Waals surface area contributed by atoms with E-state index < -0.39 is 5.25 Å². The minimum Gasteiger partial charge on any atom is -0.310 e. The van der Waals surface area contributed by atoms with Gasteiger partial charge in [0.25, 0.3) is 5.56 Å². The predicted molar refractivity (Wildman–Crippen MR) is 125 cm³/mol. The van der Waals surface area contributed by atoms with Crippen LogP contribution in [-0.2, 0) is 17.6 Å². The quantitative estimate of drug-likeness (QED) is 0.570. The summed E-state index contributed by atoms with van der Waals surface area (Å²) in [5.74, 6) is 0.0526. The lowest BCUT2D eigenvalue weighted by atomic mass is 9.96. The number of H-pyrrole nitrogens is 1. The van der Waals surface area contributed by atoms with Crippen LogP contribution >= 0.6 is 11.8 Å². The molecule has 1 aromatic carbocycles. The van der Waals surface area contributed by atoms with Crippen LogP contribution in [0.5, 0.6) is 0 Å². The first-order valence-corrected chi connectivity index (χ1v) is 11.7. The van der Waals surface area contributed by atoms with E-state index in [0.29, 0.717) is 22.1 Å². The number of carbonyl (C=O) groups excluding carboxylic acids is 1. The lowest BCUT2D eigenvalue weighted by molar-refractivity contribution is -0.115. The summed E-state index contributed by atoms with van der Waals surface area (Å²) < 4.78 is 1.37. The topological polar surface area (TPSA) is 104 Å². The van der Waals surface area contributed by atoms with Crippen LogP contribution in [0.2, 0.25) is 0 Å². The Kier molecular flexibility index (Phi) is 6.76. The van der Waals surface area contributed by atoms with E-state index >= 15 is 0 Å². The van der Waals surface area contributed by atoms with Gasteiger partial charge in [0.1, 0.15) is 16.9 Å². The van der Waals surface area contributed by atoms with Crippen molar-refractivity contribution in [1.29, 1.82) is 5.26 Å². The Morgan fingerprint density at radius 3 is 2.69 bits per heavy atom. The van der Waals surface area contributed by atoms with Crippen molar-refractivity contribution in [2.75, 3.05) is 5.32 Å². The number of hydrogen-bond donors (Lipinski definition) is 2. The molecule has 2 heterocycles. The third kappa shape index (κ3) is 4.94. The third-order valence-electron chi connectivity index (χ3n) is 5.54. The van der Waals surface area contributed by atoms with Gasteiger partial charge in [0, 0.05) is 11.8 Å². The fourth-order valence-corrected chi connectivity index (χ4v) is 4.72. The lowest BCUT2D eigenvalue weighted by Crippen LogP contribution is -2.23. The van der Waals surface area contributed by atoms with E-state index in [2.05, 4.69) is 16.5 Å². The number of hydrogen-bond acceptors (Lipinski definition) is 5. The molecule has 0 fully saturated rings. The molecule has 0 saturated heterocycles. The van der Waals surface area contributed by atoms with E-state index in [-0.39, 0.29) is 11.5 Å². The van der Waals surface area contributed by atoms with Gasteiger partial charge < -0.3 is 5.32 Å². The van der Waals surface area contributed by atoms with Crippen LogP contribution in [0.4, 0.5) is 5.82 Å². The Labute approximate surface area is 190 Å². The molecule has 0 bridgehead atoms. The van der Waals surface area contributed by atoms with Crippen molar-refractivity contribution in [3.8, 4) is 11.8 Å². The molecule has 3 aromatic rings. The number of aromatic amines is 1. The molecule has 0 aliphatic heterocycles. The molecule has 2 N–H and O–H groups in total.